The molecule has 0 aliphatic carbocycles. The van der Waals surface area contributed by atoms with Gasteiger partial charge in [-0.3, -0.25) is 4.68 Å². The van der Waals surface area contributed by atoms with Crippen molar-refractivity contribution in [2.75, 3.05) is 0 Å². The third kappa shape index (κ3) is 3.42. The minimum Gasteiger partial charge on any atom is -0.486 e. The number of rotatable bonds is 6. The average Bonchev–Trinajstić information content (AvgIpc) is 2.81. The lowest BCUT2D eigenvalue weighted by Crippen LogP contribution is -2.08. The summed E-state index contributed by atoms with van der Waals surface area (Å²) in [5.74, 6) is 0.762. The molecule has 2 aromatic rings. The second-order valence-electron chi connectivity index (χ2n) is 4.60. The normalized spacial score (nSPS) is 10.9. The van der Waals surface area contributed by atoms with Gasteiger partial charge < -0.3 is 10.5 Å². The fraction of sp³-hybridized carbons (Fsp3) is 0.400. The molecule has 4 nitrogen and oxygen atoms in total. The second kappa shape index (κ2) is 7.29. The third-order valence-electron chi connectivity index (χ3n) is 3.32. The van der Waals surface area contributed by atoms with E-state index in [2.05, 4.69) is 21.0 Å². The van der Waals surface area contributed by atoms with Crippen LogP contribution in [0, 0.1) is 0 Å². The Morgan fingerprint density at radius 3 is 2.76 bits per heavy atom. The number of nitrogens with zero attached hydrogens (tertiary/aromatic N) is 2. The maximum absolute atomic E-state index is 6.39. The first kappa shape index (κ1) is 16.3. The lowest BCUT2D eigenvalue weighted by atomic mass is 10.2. The summed E-state index contributed by atoms with van der Waals surface area (Å²) >= 11 is 9.89. The van der Waals surface area contributed by atoms with Gasteiger partial charge in [0.25, 0.3) is 0 Å². The van der Waals surface area contributed by atoms with Crippen LogP contribution < -0.4 is 10.5 Å². The molecule has 0 atom stereocenters. The molecule has 0 aliphatic rings. The van der Waals surface area contributed by atoms with Crippen LogP contribution in [0.15, 0.2) is 22.7 Å². The van der Waals surface area contributed by atoms with E-state index in [0.717, 1.165) is 40.1 Å². The summed E-state index contributed by atoms with van der Waals surface area (Å²) in [5.41, 5.74) is 8.52. The van der Waals surface area contributed by atoms with Crippen LogP contribution >= 0.6 is 27.5 Å². The van der Waals surface area contributed by atoms with Gasteiger partial charge >= 0.3 is 0 Å². The summed E-state index contributed by atoms with van der Waals surface area (Å²) in [5, 5.41) is 5.19. The van der Waals surface area contributed by atoms with Crippen LogP contribution in [0.3, 0.4) is 0 Å². The van der Waals surface area contributed by atoms with E-state index in [9.17, 15) is 0 Å². The molecule has 0 saturated carbocycles. The molecule has 1 aromatic carbocycles. The number of halogens is 2. The summed E-state index contributed by atoms with van der Waals surface area (Å²) < 4.78 is 8.73. The first-order valence-corrected chi connectivity index (χ1v) is 8.13. The minimum absolute atomic E-state index is 0.370. The Hall–Kier alpha value is -1.04. The van der Waals surface area contributed by atoms with Gasteiger partial charge in [0.2, 0.25) is 0 Å². The van der Waals surface area contributed by atoms with Crippen molar-refractivity contribution in [1.29, 1.82) is 0 Å². The topological polar surface area (TPSA) is 53.1 Å². The summed E-state index contributed by atoms with van der Waals surface area (Å²) in [4.78, 5) is 0. The Kier molecular flexibility index (Phi) is 5.67. The molecule has 1 aromatic heterocycles. The molecule has 0 aliphatic heterocycles. The number of aromatic nitrogens is 2. The number of hydrogen-bond donors (Lipinski definition) is 1. The van der Waals surface area contributed by atoms with E-state index in [0.29, 0.717) is 18.2 Å². The maximum atomic E-state index is 6.39. The van der Waals surface area contributed by atoms with Crippen molar-refractivity contribution in [1.82, 2.24) is 9.78 Å². The maximum Gasteiger partial charge on any atom is 0.138 e. The van der Waals surface area contributed by atoms with Crippen molar-refractivity contribution < 1.29 is 4.74 Å². The number of ether oxygens (including phenoxy) is 1. The van der Waals surface area contributed by atoms with E-state index in [4.69, 9.17) is 22.1 Å². The van der Waals surface area contributed by atoms with E-state index >= 15 is 0 Å². The Balaban J connectivity index is 2.26. The highest BCUT2D eigenvalue weighted by Crippen LogP contribution is 2.31. The Morgan fingerprint density at radius 2 is 2.14 bits per heavy atom. The molecule has 0 amide bonds. The molecule has 0 saturated heterocycles. The van der Waals surface area contributed by atoms with Crippen molar-refractivity contribution in [2.45, 2.75) is 40.0 Å². The highest BCUT2D eigenvalue weighted by molar-refractivity contribution is 9.10. The monoisotopic (exact) mass is 371 g/mol. The molecule has 2 N–H and O–H groups in total. The highest BCUT2D eigenvalue weighted by atomic mass is 79.9. The van der Waals surface area contributed by atoms with E-state index in [1.165, 1.54) is 0 Å². The average molecular weight is 373 g/mol. The lowest BCUT2D eigenvalue weighted by molar-refractivity contribution is 0.288. The van der Waals surface area contributed by atoms with Gasteiger partial charge in [-0.2, -0.15) is 5.10 Å². The van der Waals surface area contributed by atoms with Gasteiger partial charge in [0.05, 0.1) is 20.9 Å². The lowest BCUT2D eigenvalue weighted by Gasteiger charge is -2.13. The zero-order valence-electron chi connectivity index (χ0n) is 12.2. The van der Waals surface area contributed by atoms with Crippen molar-refractivity contribution in [3.8, 4) is 5.75 Å². The van der Waals surface area contributed by atoms with Gasteiger partial charge in [-0.05, 0) is 35.3 Å². The van der Waals surface area contributed by atoms with Crippen molar-refractivity contribution in [3.05, 3.63) is 44.6 Å². The number of hydrogen-bond acceptors (Lipinski definition) is 3. The molecule has 1 heterocycles. The summed E-state index contributed by atoms with van der Waals surface area (Å²) in [6, 6.07) is 5.83. The third-order valence-corrected chi connectivity index (χ3v) is 4.38. The quantitative estimate of drug-likeness (QED) is 0.836. The predicted molar refractivity (Wildman–Crippen MR) is 88.7 cm³/mol. The van der Waals surface area contributed by atoms with Crippen LogP contribution in [0.1, 0.15) is 30.8 Å². The second-order valence-corrected chi connectivity index (χ2v) is 5.83. The van der Waals surface area contributed by atoms with Crippen molar-refractivity contribution in [3.63, 3.8) is 0 Å². The van der Waals surface area contributed by atoms with Crippen LogP contribution in [0.5, 0.6) is 5.75 Å². The number of para-hydroxylation sites is 1. The first-order chi connectivity index (χ1) is 10.1. The zero-order valence-corrected chi connectivity index (χ0v) is 14.5. The molecule has 6 heteroatoms. The predicted octanol–water partition coefficient (Wildman–Crippen LogP) is 3.92. The van der Waals surface area contributed by atoms with E-state index in [1.54, 1.807) is 0 Å². The molecule has 2 rings (SSSR count). The molecule has 0 bridgehead atoms. The largest absolute Gasteiger partial charge is 0.486 e. The van der Waals surface area contributed by atoms with Gasteiger partial charge in [-0.1, -0.05) is 30.7 Å². The molecule has 21 heavy (non-hydrogen) atoms. The highest BCUT2D eigenvalue weighted by Gasteiger charge is 2.16. The number of nitrogens with two attached hydrogens (primary N) is 1. The van der Waals surface area contributed by atoms with Crippen molar-refractivity contribution in [2.24, 2.45) is 5.73 Å². The van der Waals surface area contributed by atoms with Crippen molar-refractivity contribution >= 4 is 27.5 Å². The van der Waals surface area contributed by atoms with E-state index < -0.39 is 0 Å². The molecular weight excluding hydrogens is 354 g/mol. The number of aryl methyl sites for hydroxylation is 2. The fourth-order valence-electron chi connectivity index (χ4n) is 2.17. The van der Waals surface area contributed by atoms with Crippen LogP contribution in [0.2, 0.25) is 5.02 Å². The molecule has 114 valence electrons. The van der Waals surface area contributed by atoms with E-state index in [1.807, 2.05) is 36.7 Å². The zero-order chi connectivity index (χ0) is 15.4. The van der Waals surface area contributed by atoms with Crippen LogP contribution in [-0.4, -0.2) is 9.78 Å². The van der Waals surface area contributed by atoms with Gasteiger partial charge in [-0.15, -0.1) is 0 Å². The SMILES string of the molecule is CCc1nn(CC)c(COc2c(Br)cccc2CN)c1Cl. The molecule has 0 radical (unpaired) electrons. The smallest absolute Gasteiger partial charge is 0.138 e. The summed E-state index contributed by atoms with van der Waals surface area (Å²) in [6.45, 7) is 5.64. The van der Waals surface area contributed by atoms with Crippen LogP contribution in [-0.2, 0) is 26.1 Å². The summed E-state index contributed by atoms with van der Waals surface area (Å²) in [7, 11) is 0. The van der Waals surface area contributed by atoms with Gasteiger partial charge in [0, 0.05) is 18.7 Å². The van der Waals surface area contributed by atoms with E-state index in [-0.39, 0.29) is 0 Å². The molecule has 0 unspecified atom stereocenters. The van der Waals surface area contributed by atoms with Crippen LogP contribution in [0.25, 0.3) is 0 Å². The first-order valence-electron chi connectivity index (χ1n) is 6.96. The molecule has 0 fully saturated rings. The standard InChI is InChI=1S/C15H19BrClN3O/c1-3-12-14(17)13(20(4-2)19-12)9-21-15-10(8-18)6-5-7-11(15)16/h5-7H,3-4,8-9,18H2,1-2H3. The Morgan fingerprint density at radius 1 is 1.38 bits per heavy atom. The van der Waals surface area contributed by atoms with Gasteiger partial charge in [0.15, 0.2) is 0 Å². The van der Waals surface area contributed by atoms with Gasteiger partial charge in [-0.25, -0.2) is 0 Å². The van der Waals surface area contributed by atoms with Gasteiger partial charge in [0.1, 0.15) is 12.4 Å². The Labute approximate surface area is 138 Å². The van der Waals surface area contributed by atoms with Crippen LogP contribution in [0.4, 0.5) is 0 Å². The fourth-order valence-corrected chi connectivity index (χ4v) is 3.02. The molecular formula is C15H19BrClN3O. The Bertz CT molecular complexity index is 628. The molecule has 0 spiro atoms. The number of benzene rings is 1. The minimum atomic E-state index is 0.370. The summed E-state index contributed by atoms with van der Waals surface area (Å²) in [6.07, 6.45) is 0.807.